The Hall–Kier alpha value is -1.15. The van der Waals surface area contributed by atoms with Crippen LogP contribution in [0.1, 0.15) is 30.4 Å². The topological polar surface area (TPSA) is 24.9 Å². The first kappa shape index (κ1) is 11.0. The van der Waals surface area contributed by atoms with Crippen molar-refractivity contribution in [1.82, 2.24) is 10.3 Å². The molecule has 1 N–H and O–H groups in total. The standard InChI is InChI=1S/C15H20N2/c1-11-6-14(10-17-8-11)13-3-2-12-4-5-16-9-15(12)7-13/h3,6,8,10,12,15-16H,2,4-5,7,9H2,1H3/t12-,15+/m0/s1. The van der Waals surface area contributed by atoms with Crippen molar-refractivity contribution >= 4 is 5.57 Å². The van der Waals surface area contributed by atoms with Gasteiger partial charge in [-0.2, -0.15) is 0 Å². The van der Waals surface area contributed by atoms with Crippen LogP contribution in [-0.4, -0.2) is 18.1 Å². The van der Waals surface area contributed by atoms with E-state index >= 15 is 0 Å². The molecular weight excluding hydrogens is 208 g/mol. The largest absolute Gasteiger partial charge is 0.316 e. The van der Waals surface area contributed by atoms with Crippen LogP contribution in [0.3, 0.4) is 0 Å². The molecule has 1 aliphatic heterocycles. The molecule has 1 fully saturated rings. The summed E-state index contributed by atoms with van der Waals surface area (Å²) >= 11 is 0. The molecule has 1 aromatic heterocycles. The normalized spacial score (nSPS) is 28.4. The molecule has 0 spiro atoms. The lowest BCUT2D eigenvalue weighted by Gasteiger charge is -2.35. The lowest BCUT2D eigenvalue weighted by Crippen LogP contribution is -2.37. The second kappa shape index (κ2) is 4.61. The fourth-order valence-corrected chi connectivity index (χ4v) is 3.15. The summed E-state index contributed by atoms with van der Waals surface area (Å²) in [6.45, 7) is 4.52. The van der Waals surface area contributed by atoms with Crippen LogP contribution in [0.5, 0.6) is 0 Å². The fraction of sp³-hybridized carbons (Fsp3) is 0.533. The molecule has 0 bridgehead atoms. The summed E-state index contributed by atoms with van der Waals surface area (Å²) in [7, 11) is 0. The number of nitrogens with zero attached hydrogens (tertiary/aromatic N) is 1. The number of rotatable bonds is 1. The molecule has 0 amide bonds. The molecular formula is C15H20N2. The highest BCUT2D eigenvalue weighted by atomic mass is 14.9. The van der Waals surface area contributed by atoms with Crippen molar-refractivity contribution in [3.05, 3.63) is 35.7 Å². The summed E-state index contributed by atoms with van der Waals surface area (Å²) in [6, 6.07) is 2.26. The monoisotopic (exact) mass is 228 g/mol. The Bertz CT molecular complexity index is 436. The second-order valence-corrected chi connectivity index (χ2v) is 5.43. The van der Waals surface area contributed by atoms with Gasteiger partial charge >= 0.3 is 0 Å². The summed E-state index contributed by atoms with van der Waals surface area (Å²) in [5.74, 6) is 1.75. The highest BCUT2D eigenvalue weighted by Crippen LogP contribution is 2.37. The molecule has 2 heteroatoms. The van der Waals surface area contributed by atoms with Gasteiger partial charge in [0.1, 0.15) is 0 Å². The second-order valence-electron chi connectivity index (χ2n) is 5.43. The van der Waals surface area contributed by atoms with Crippen molar-refractivity contribution in [2.24, 2.45) is 11.8 Å². The predicted octanol–water partition coefficient (Wildman–Crippen LogP) is 2.79. The maximum Gasteiger partial charge on any atom is 0.0343 e. The summed E-state index contributed by atoms with van der Waals surface area (Å²) < 4.78 is 0. The van der Waals surface area contributed by atoms with E-state index in [2.05, 4.69) is 29.4 Å². The molecule has 0 saturated carbocycles. The zero-order valence-corrected chi connectivity index (χ0v) is 10.4. The highest BCUT2D eigenvalue weighted by Gasteiger charge is 2.28. The smallest absolute Gasteiger partial charge is 0.0343 e. The minimum atomic E-state index is 0.837. The number of hydrogen-bond acceptors (Lipinski definition) is 2. The molecule has 2 nitrogen and oxygen atoms in total. The van der Waals surface area contributed by atoms with E-state index in [1.807, 2.05) is 12.4 Å². The van der Waals surface area contributed by atoms with Gasteiger partial charge in [0.15, 0.2) is 0 Å². The Kier molecular flexibility index (Phi) is 2.98. The number of aromatic nitrogens is 1. The highest BCUT2D eigenvalue weighted by molar-refractivity contribution is 5.66. The van der Waals surface area contributed by atoms with Crippen molar-refractivity contribution in [3.63, 3.8) is 0 Å². The summed E-state index contributed by atoms with van der Waals surface area (Å²) in [5, 5.41) is 3.52. The van der Waals surface area contributed by atoms with Crippen molar-refractivity contribution in [3.8, 4) is 0 Å². The molecule has 1 saturated heterocycles. The van der Waals surface area contributed by atoms with Gasteiger partial charge < -0.3 is 5.32 Å². The average molecular weight is 228 g/mol. The minimum absolute atomic E-state index is 0.837. The van der Waals surface area contributed by atoms with Crippen LogP contribution >= 0.6 is 0 Å². The molecule has 0 aromatic carbocycles. The van der Waals surface area contributed by atoms with Gasteiger partial charge in [-0.15, -0.1) is 0 Å². The number of aryl methyl sites for hydroxylation is 1. The molecule has 1 aromatic rings. The van der Waals surface area contributed by atoms with Gasteiger partial charge in [-0.1, -0.05) is 6.08 Å². The van der Waals surface area contributed by atoms with Crippen LogP contribution in [0.15, 0.2) is 24.5 Å². The van der Waals surface area contributed by atoms with E-state index in [4.69, 9.17) is 0 Å². The Morgan fingerprint density at radius 1 is 1.29 bits per heavy atom. The molecule has 1 aliphatic carbocycles. The Balaban J connectivity index is 1.82. The van der Waals surface area contributed by atoms with Gasteiger partial charge in [0.2, 0.25) is 0 Å². The van der Waals surface area contributed by atoms with Crippen molar-refractivity contribution < 1.29 is 0 Å². The van der Waals surface area contributed by atoms with Crippen LogP contribution in [0, 0.1) is 18.8 Å². The summed E-state index contributed by atoms with van der Waals surface area (Å²) in [5.41, 5.74) is 4.09. The van der Waals surface area contributed by atoms with E-state index in [1.54, 1.807) is 0 Å². The number of allylic oxidation sites excluding steroid dienone is 2. The first-order chi connectivity index (χ1) is 8.33. The number of piperidine rings is 1. The summed E-state index contributed by atoms with van der Waals surface area (Å²) in [4.78, 5) is 4.31. The van der Waals surface area contributed by atoms with Crippen LogP contribution in [0.4, 0.5) is 0 Å². The molecule has 3 rings (SSSR count). The quantitative estimate of drug-likeness (QED) is 0.799. The third-order valence-corrected chi connectivity index (χ3v) is 4.16. The van der Waals surface area contributed by atoms with E-state index in [0.29, 0.717) is 0 Å². The fourth-order valence-electron chi connectivity index (χ4n) is 3.15. The third kappa shape index (κ3) is 2.27. The lowest BCUT2D eigenvalue weighted by molar-refractivity contribution is 0.252. The van der Waals surface area contributed by atoms with E-state index < -0.39 is 0 Å². The SMILES string of the molecule is Cc1cncc(C2=CC[C@H]3CCNC[C@H]3C2)c1. The Morgan fingerprint density at radius 3 is 3.12 bits per heavy atom. The van der Waals surface area contributed by atoms with Crippen LogP contribution in [-0.2, 0) is 0 Å². The maximum atomic E-state index is 4.31. The zero-order chi connectivity index (χ0) is 11.7. The maximum absolute atomic E-state index is 4.31. The minimum Gasteiger partial charge on any atom is -0.316 e. The number of nitrogens with one attached hydrogen (secondary N) is 1. The lowest BCUT2D eigenvalue weighted by atomic mass is 9.75. The van der Waals surface area contributed by atoms with Gasteiger partial charge in [-0.05, 0) is 73.9 Å². The Labute approximate surface area is 103 Å². The predicted molar refractivity (Wildman–Crippen MR) is 70.7 cm³/mol. The van der Waals surface area contributed by atoms with Gasteiger partial charge in [-0.25, -0.2) is 0 Å². The number of fused-ring (bicyclic) bond motifs is 1. The molecule has 2 heterocycles. The van der Waals surface area contributed by atoms with E-state index in [0.717, 1.165) is 11.8 Å². The van der Waals surface area contributed by atoms with Crippen LogP contribution in [0.25, 0.3) is 5.57 Å². The average Bonchev–Trinajstić information content (AvgIpc) is 2.38. The Morgan fingerprint density at radius 2 is 2.24 bits per heavy atom. The van der Waals surface area contributed by atoms with Gasteiger partial charge in [0, 0.05) is 12.4 Å². The van der Waals surface area contributed by atoms with Gasteiger partial charge in [-0.3, -0.25) is 4.98 Å². The molecule has 17 heavy (non-hydrogen) atoms. The molecule has 2 aliphatic rings. The van der Waals surface area contributed by atoms with Crippen LogP contribution < -0.4 is 5.32 Å². The summed E-state index contributed by atoms with van der Waals surface area (Å²) in [6.07, 6.45) is 10.2. The van der Waals surface area contributed by atoms with Gasteiger partial charge in [0.05, 0.1) is 0 Å². The molecule has 0 unspecified atom stereocenters. The van der Waals surface area contributed by atoms with E-state index in [-0.39, 0.29) is 0 Å². The van der Waals surface area contributed by atoms with E-state index in [1.165, 1.54) is 49.1 Å². The number of pyridine rings is 1. The molecule has 90 valence electrons. The van der Waals surface area contributed by atoms with Crippen molar-refractivity contribution in [2.75, 3.05) is 13.1 Å². The zero-order valence-electron chi connectivity index (χ0n) is 10.4. The van der Waals surface area contributed by atoms with Crippen LogP contribution in [0.2, 0.25) is 0 Å². The van der Waals surface area contributed by atoms with E-state index in [9.17, 15) is 0 Å². The van der Waals surface area contributed by atoms with Crippen molar-refractivity contribution in [2.45, 2.75) is 26.2 Å². The van der Waals surface area contributed by atoms with Crippen molar-refractivity contribution in [1.29, 1.82) is 0 Å². The van der Waals surface area contributed by atoms with Gasteiger partial charge in [0.25, 0.3) is 0 Å². The third-order valence-electron chi connectivity index (χ3n) is 4.16. The molecule has 2 atom stereocenters. The number of hydrogen-bond donors (Lipinski definition) is 1. The molecule has 0 radical (unpaired) electrons. The first-order valence-corrected chi connectivity index (χ1v) is 6.65. The first-order valence-electron chi connectivity index (χ1n) is 6.65.